The zero-order valence-electron chi connectivity index (χ0n) is 15.6. The summed E-state index contributed by atoms with van der Waals surface area (Å²) in [5, 5.41) is 26.1. The van der Waals surface area contributed by atoms with Crippen LogP contribution in [0.4, 0.5) is 5.13 Å². The number of hydrogen-bond donors (Lipinski definition) is 4. The van der Waals surface area contributed by atoms with Crippen LogP contribution in [0.1, 0.15) is 26.5 Å². The number of oxime groups is 1. The quantitative estimate of drug-likeness (QED) is 0.216. The van der Waals surface area contributed by atoms with Gasteiger partial charge in [-0.25, -0.2) is 19.6 Å². The molecule has 2 atom stereocenters. The predicted molar refractivity (Wildman–Crippen MR) is 97.7 cm³/mol. The second-order valence-corrected chi connectivity index (χ2v) is 7.33. The predicted octanol–water partition coefficient (Wildman–Crippen LogP) is -0.959. The lowest BCUT2D eigenvalue weighted by molar-refractivity contribution is -0.233. The van der Waals surface area contributed by atoms with Gasteiger partial charge in [-0.3, -0.25) is 14.4 Å². The molecule has 2 heterocycles. The van der Waals surface area contributed by atoms with E-state index in [1.807, 2.05) is 0 Å². The van der Waals surface area contributed by atoms with Crippen LogP contribution >= 0.6 is 11.3 Å². The Morgan fingerprint density at radius 3 is 2.55 bits per heavy atom. The minimum absolute atomic E-state index is 0.0320. The molecule has 0 bridgehead atoms. The fourth-order valence-electron chi connectivity index (χ4n) is 2.09. The first-order valence-corrected chi connectivity index (χ1v) is 9.01. The van der Waals surface area contributed by atoms with Gasteiger partial charge in [0.25, 0.3) is 11.8 Å². The summed E-state index contributed by atoms with van der Waals surface area (Å²) in [5.74, 6) is -4.09. The summed E-state index contributed by atoms with van der Waals surface area (Å²) in [5.41, 5.74) is 3.49. The van der Waals surface area contributed by atoms with Crippen LogP contribution < -0.4 is 11.1 Å². The largest absolute Gasteiger partial charge is 0.479 e. The Kier molecular flexibility index (Phi) is 6.38. The molecule has 0 aliphatic carbocycles. The Labute approximate surface area is 168 Å². The molecule has 1 saturated heterocycles. The van der Waals surface area contributed by atoms with E-state index >= 15 is 0 Å². The third-order valence-electron chi connectivity index (χ3n) is 3.81. The van der Waals surface area contributed by atoms with E-state index in [4.69, 9.17) is 25.6 Å². The average Bonchev–Trinajstić information content (AvgIpc) is 3.05. The van der Waals surface area contributed by atoms with Crippen LogP contribution in [0.15, 0.2) is 10.5 Å². The molecule has 0 spiro atoms. The number of aromatic nitrogens is 1. The van der Waals surface area contributed by atoms with Gasteiger partial charge in [-0.2, -0.15) is 0 Å². The van der Waals surface area contributed by atoms with E-state index in [1.165, 1.54) is 26.2 Å². The van der Waals surface area contributed by atoms with Crippen molar-refractivity contribution in [3.8, 4) is 0 Å². The van der Waals surface area contributed by atoms with E-state index in [1.54, 1.807) is 0 Å². The summed E-state index contributed by atoms with van der Waals surface area (Å²) in [6.45, 7) is 3.30. The number of rotatable bonds is 9. The third-order valence-corrected chi connectivity index (χ3v) is 4.48. The Hall–Kier alpha value is -3.26. The lowest BCUT2D eigenvalue weighted by Gasteiger charge is -2.43. The number of nitrogens with one attached hydrogen (secondary N) is 1. The van der Waals surface area contributed by atoms with Crippen molar-refractivity contribution in [3.05, 3.63) is 11.1 Å². The first-order valence-electron chi connectivity index (χ1n) is 8.13. The SMILES string of the molecule is C[C@@H]1[C@H](NC(=O)/C(=N\OC(C)(C)C(=O)O)c2csc(N)n2)C(=O)N1OCC(=O)O. The maximum absolute atomic E-state index is 12.7. The molecule has 0 unspecified atom stereocenters. The molecule has 1 fully saturated rings. The van der Waals surface area contributed by atoms with Crippen molar-refractivity contribution >= 4 is 45.9 Å². The van der Waals surface area contributed by atoms with E-state index in [0.717, 1.165) is 16.4 Å². The summed E-state index contributed by atoms with van der Waals surface area (Å²) in [7, 11) is 0. The number of β-lactam (4-membered cyclic amide) rings is 1. The van der Waals surface area contributed by atoms with Gasteiger partial charge >= 0.3 is 11.9 Å². The lowest BCUT2D eigenvalue weighted by Crippen LogP contribution is -2.70. The maximum atomic E-state index is 12.7. The van der Waals surface area contributed by atoms with Gasteiger partial charge in [-0.05, 0) is 20.8 Å². The number of carboxylic acids is 2. The molecular weight excluding hydrogens is 410 g/mol. The number of anilines is 1. The van der Waals surface area contributed by atoms with Crippen molar-refractivity contribution in [1.29, 1.82) is 0 Å². The van der Waals surface area contributed by atoms with Crippen molar-refractivity contribution in [2.24, 2.45) is 5.16 Å². The normalized spacial score (nSPS) is 19.5. The molecule has 1 aliphatic rings. The van der Waals surface area contributed by atoms with E-state index < -0.39 is 48.0 Å². The van der Waals surface area contributed by atoms with Crippen molar-refractivity contribution < 1.29 is 39.1 Å². The number of nitrogens with two attached hydrogens (primary N) is 1. The number of hydrogen-bond acceptors (Lipinski definition) is 10. The van der Waals surface area contributed by atoms with E-state index in [9.17, 15) is 19.2 Å². The summed E-state index contributed by atoms with van der Waals surface area (Å²) < 4.78 is 0. The van der Waals surface area contributed by atoms with Gasteiger partial charge in [0, 0.05) is 5.38 Å². The fourth-order valence-corrected chi connectivity index (χ4v) is 2.64. The molecule has 1 aliphatic heterocycles. The Morgan fingerprint density at radius 1 is 1.41 bits per heavy atom. The van der Waals surface area contributed by atoms with Gasteiger partial charge in [0.15, 0.2) is 17.5 Å². The highest BCUT2D eigenvalue weighted by molar-refractivity contribution is 7.13. The molecule has 0 aromatic carbocycles. The Morgan fingerprint density at radius 2 is 2.07 bits per heavy atom. The summed E-state index contributed by atoms with van der Waals surface area (Å²) in [6.07, 6.45) is 0. The van der Waals surface area contributed by atoms with Crippen LogP contribution in [-0.4, -0.2) is 74.0 Å². The summed E-state index contributed by atoms with van der Waals surface area (Å²) >= 11 is 1.02. The number of nitrogen functional groups attached to an aromatic ring is 1. The molecule has 14 heteroatoms. The van der Waals surface area contributed by atoms with Crippen molar-refractivity contribution in [1.82, 2.24) is 15.4 Å². The van der Waals surface area contributed by atoms with Crippen molar-refractivity contribution in [2.45, 2.75) is 38.5 Å². The minimum Gasteiger partial charge on any atom is -0.479 e. The Bertz CT molecular complexity index is 867. The second-order valence-electron chi connectivity index (χ2n) is 6.44. The van der Waals surface area contributed by atoms with E-state index in [2.05, 4.69) is 15.5 Å². The van der Waals surface area contributed by atoms with Gasteiger partial charge in [-0.15, -0.1) is 11.3 Å². The highest BCUT2D eigenvalue weighted by Gasteiger charge is 2.47. The van der Waals surface area contributed by atoms with Crippen LogP contribution in [0.25, 0.3) is 0 Å². The molecular formula is C15H19N5O8S. The monoisotopic (exact) mass is 429 g/mol. The van der Waals surface area contributed by atoms with Crippen LogP contribution in [-0.2, 0) is 28.9 Å². The molecule has 5 N–H and O–H groups in total. The molecule has 2 rings (SSSR count). The first kappa shape index (κ1) is 22.0. The molecule has 0 radical (unpaired) electrons. The number of nitrogens with zero attached hydrogens (tertiary/aromatic N) is 3. The number of carboxylic acid groups (broad SMARTS) is 2. The standard InChI is InChI=1S/C15H19N5O8S/c1-6-9(12(24)20(6)27-4-8(21)22)18-11(23)10(7-5-29-14(16)17-7)19-28-15(2,3)13(25)26/h5-6,9H,4H2,1-3H3,(H2,16,17)(H,18,23)(H,21,22)(H,25,26)/b19-10-/t6-,9+/m1/s1. The molecule has 158 valence electrons. The number of hydroxylamine groups is 2. The van der Waals surface area contributed by atoms with Crippen LogP contribution in [0, 0.1) is 0 Å². The maximum Gasteiger partial charge on any atom is 0.350 e. The summed E-state index contributed by atoms with van der Waals surface area (Å²) in [4.78, 5) is 60.2. The summed E-state index contributed by atoms with van der Waals surface area (Å²) in [6, 6.07) is -1.66. The smallest absolute Gasteiger partial charge is 0.350 e. The Balaban J connectivity index is 2.15. The molecule has 1 aromatic heterocycles. The number of aliphatic carboxylic acids is 2. The van der Waals surface area contributed by atoms with Crippen LogP contribution in [0.2, 0.25) is 0 Å². The molecule has 0 saturated carbocycles. The third kappa shape index (κ3) is 4.97. The van der Waals surface area contributed by atoms with E-state index in [-0.39, 0.29) is 16.5 Å². The van der Waals surface area contributed by atoms with Gasteiger partial charge in [0.05, 0.1) is 6.04 Å². The number of thiazole rings is 1. The first-order chi connectivity index (χ1) is 13.4. The molecule has 1 aromatic rings. The lowest BCUT2D eigenvalue weighted by atomic mass is 10.00. The van der Waals surface area contributed by atoms with Gasteiger partial charge < -0.3 is 26.1 Å². The zero-order valence-corrected chi connectivity index (χ0v) is 16.4. The van der Waals surface area contributed by atoms with Crippen molar-refractivity contribution in [2.75, 3.05) is 12.3 Å². The fraction of sp³-hybridized carbons (Fsp3) is 0.467. The van der Waals surface area contributed by atoms with Gasteiger partial charge in [0.2, 0.25) is 5.60 Å². The van der Waals surface area contributed by atoms with Gasteiger partial charge in [0.1, 0.15) is 11.7 Å². The highest BCUT2D eigenvalue weighted by Crippen LogP contribution is 2.21. The number of carbonyl (C=O) groups excluding carboxylic acids is 2. The molecule has 2 amide bonds. The topological polar surface area (TPSA) is 194 Å². The average molecular weight is 429 g/mol. The number of carbonyl (C=O) groups is 4. The van der Waals surface area contributed by atoms with Gasteiger partial charge in [-0.1, -0.05) is 5.16 Å². The zero-order chi connectivity index (χ0) is 21.9. The highest BCUT2D eigenvalue weighted by atomic mass is 32.1. The second kappa shape index (κ2) is 8.40. The van der Waals surface area contributed by atoms with Crippen molar-refractivity contribution in [3.63, 3.8) is 0 Å². The number of amides is 2. The molecule has 13 nitrogen and oxygen atoms in total. The minimum atomic E-state index is -1.73. The van der Waals surface area contributed by atoms with Crippen LogP contribution in [0.3, 0.4) is 0 Å². The van der Waals surface area contributed by atoms with E-state index in [0.29, 0.717) is 0 Å². The van der Waals surface area contributed by atoms with Crippen LogP contribution in [0.5, 0.6) is 0 Å². The molecule has 29 heavy (non-hydrogen) atoms.